The van der Waals surface area contributed by atoms with Gasteiger partial charge in [-0.1, -0.05) is 32.3 Å². The van der Waals surface area contributed by atoms with Crippen LogP contribution in [0.25, 0.3) is 0 Å². The van der Waals surface area contributed by atoms with Crippen LogP contribution in [0.2, 0.25) is 0 Å². The lowest BCUT2D eigenvalue weighted by Gasteiger charge is -2.32. The molecule has 2 heterocycles. The Morgan fingerprint density at radius 1 is 1.43 bits per heavy atom. The summed E-state index contributed by atoms with van der Waals surface area (Å²) in [4.78, 5) is 4.31. The molecule has 2 rings (SSSR count). The summed E-state index contributed by atoms with van der Waals surface area (Å²) in [5.74, 6) is 1.16. The van der Waals surface area contributed by atoms with Gasteiger partial charge in [0.25, 0.3) is 0 Å². The molecule has 0 radical (unpaired) electrons. The van der Waals surface area contributed by atoms with Gasteiger partial charge in [0.15, 0.2) is 5.82 Å². The first-order valence-electron chi connectivity index (χ1n) is 7.36. The number of ether oxygens (including phenoxy) is 1. The molecule has 0 spiro atoms. The second kappa shape index (κ2) is 6.85. The number of hydrogen-bond acceptors (Lipinski definition) is 6. The third kappa shape index (κ3) is 3.81. The molecule has 1 saturated heterocycles. The van der Waals surface area contributed by atoms with Crippen LogP contribution >= 0.6 is 0 Å². The topological polar surface area (TPSA) is 85.5 Å². The summed E-state index contributed by atoms with van der Waals surface area (Å²) >= 11 is 0. The molecule has 0 N–H and O–H groups in total. The van der Waals surface area contributed by atoms with Crippen LogP contribution in [0.4, 0.5) is 0 Å². The average molecular weight is 317 g/mol. The molecule has 1 unspecified atom stereocenters. The first-order valence-corrected chi connectivity index (χ1v) is 8.97. The number of sulfonamides is 1. The zero-order valence-corrected chi connectivity index (χ0v) is 13.6. The highest BCUT2D eigenvalue weighted by Crippen LogP contribution is 2.26. The van der Waals surface area contributed by atoms with Crippen molar-refractivity contribution < 1.29 is 17.7 Å². The minimum absolute atomic E-state index is 0.112. The maximum Gasteiger partial charge on any atom is 0.229 e. The molecule has 0 amide bonds. The SMILES string of the molecule is CCCCS(=O)(=O)N1CCOCC1c1noc(C(C)C)n1. The highest BCUT2D eigenvalue weighted by atomic mass is 32.2. The Labute approximate surface area is 125 Å². The van der Waals surface area contributed by atoms with Gasteiger partial charge >= 0.3 is 0 Å². The van der Waals surface area contributed by atoms with Gasteiger partial charge in [-0.3, -0.25) is 0 Å². The van der Waals surface area contributed by atoms with Gasteiger partial charge < -0.3 is 9.26 Å². The van der Waals surface area contributed by atoms with E-state index in [9.17, 15) is 8.42 Å². The van der Waals surface area contributed by atoms with Crippen molar-refractivity contribution >= 4 is 10.0 Å². The monoisotopic (exact) mass is 317 g/mol. The predicted octanol–water partition coefficient (Wildman–Crippen LogP) is 1.70. The Kier molecular flexibility index (Phi) is 5.34. The van der Waals surface area contributed by atoms with Crippen molar-refractivity contribution in [2.75, 3.05) is 25.5 Å². The van der Waals surface area contributed by atoms with Crippen LogP contribution in [0, 0.1) is 0 Å². The predicted molar refractivity (Wildman–Crippen MR) is 77.3 cm³/mol. The Morgan fingerprint density at radius 3 is 2.81 bits per heavy atom. The maximum atomic E-state index is 12.5. The molecule has 1 aromatic rings. The molecule has 21 heavy (non-hydrogen) atoms. The van der Waals surface area contributed by atoms with Crippen molar-refractivity contribution in [3.05, 3.63) is 11.7 Å². The molecule has 1 aliphatic heterocycles. The Hall–Kier alpha value is -0.990. The molecule has 1 aromatic heterocycles. The van der Waals surface area contributed by atoms with Crippen LogP contribution in [0.1, 0.15) is 57.3 Å². The second-order valence-electron chi connectivity index (χ2n) is 5.52. The van der Waals surface area contributed by atoms with Crippen LogP contribution in [0.15, 0.2) is 4.52 Å². The van der Waals surface area contributed by atoms with Gasteiger partial charge in [0.1, 0.15) is 6.04 Å². The van der Waals surface area contributed by atoms with Gasteiger partial charge in [0.2, 0.25) is 15.9 Å². The van der Waals surface area contributed by atoms with Crippen molar-refractivity contribution in [1.82, 2.24) is 14.4 Å². The number of morpholine rings is 1. The highest BCUT2D eigenvalue weighted by Gasteiger charge is 2.36. The number of hydrogen-bond donors (Lipinski definition) is 0. The Bertz CT molecular complexity index is 556. The van der Waals surface area contributed by atoms with E-state index in [1.807, 2.05) is 20.8 Å². The van der Waals surface area contributed by atoms with Gasteiger partial charge in [-0.05, 0) is 6.42 Å². The molecule has 8 heteroatoms. The normalized spacial score (nSPS) is 21.0. The van der Waals surface area contributed by atoms with Crippen molar-refractivity contribution in [3.63, 3.8) is 0 Å². The first kappa shape index (κ1) is 16.4. The number of rotatable bonds is 6. The quantitative estimate of drug-likeness (QED) is 0.794. The third-order valence-electron chi connectivity index (χ3n) is 3.44. The largest absolute Gasteiger partial charge is 0.378 e. The summed E-state index contributed by atoms with van der Waals surface area (Å²) in [5, 5.41) is 3.93. The number of unbranched alkanes of at least 4 members (excludes halogenated alkanes) is 1. The molecule has 120 valence electrons. The molecule has 7 nitrogen and oxygen atoms in total. The van der Waals surface area contributed by atoms with E-state index in [1.165, 1.54) is 4.31 Å². The lowest BCUT2D eigenvalue weighted by Crippen LogP contribution is -2.44. The second-order valence-corrected chi connectivity index (χ2v) is 7.56. The van der Waals surface area contributed by atoms with Crippen molar-refractivity contribution in [3.8, 4) is 0 Å². The molecule has 1 atom stereocenters. The number of aromatic nitrogens is 2. The van der Waals surface area contributed by atoms with Gasteiger partial charge in [-0.25, -0.2) is 8.42 Å². The molecular weight excluding hydrogens is 294 g/mol. The van der Waals surface area contributed by atoms with E-state index >= 15 is 0 Å². The van der Waals surface area contributed by atoms with E-state index in [0.29, 0.717) is 31.3 Å². The van der Waals surface area contributed by atoms with Gasteiger partial charge in [-0.2, -0.15) is 9.29 Å². The van der Waals surface area contributed by atoms with Crippen molar-refractivity contribution in [2.24, 2.45) is 0 Å². The molecule has 0 saturated carbocycles. The van der Waals surface area contributed by atoms with E-state index < -0.39 is 16.1 Å². The van der Waals surface area contributed by atoms with Gasteiger partial charge in [0.05, 0.1) is 19.0 Å². The maximum absolute atomic E-state index is 12.5. The van der Waals surface area contributed by atoms with E-state index in [1.54, 1.807) is 0 Å². The first-order chi connectivity index (χ1) is 9.95. The average Bonchev–Trinajstić information content (AvgIpc) is 2.95. The highest BCUT2D eigenvalue weighted by molar-refractivity contribution is 7.89. The zero-order chi connectivity index (χ0) is 15.5. The molecule has 1 aliphatic rings. The Balaban J connectivity index is 2.22. The van der Waals surface area contributed by atoms with Crippen molar-refractivity contribution in [2.45, 2.75) is 45.6 Å². The molecule has 0 aromatic carbocycles. The molecule has 1 fully saturated rings. The molecule has 0 bridgehead atoms. The van der Waals surface area contributed by atoms with E-state index in [-0.39, 0.29) is 18.3 Å². The van der Waals surface area contributed by atoms with E-state index in [2.05, 4.69) is 10.1 Å². The van der Waals surface area contributed by atoms with Crippen LogP contribution < -0.4 is 0 Å². The summed E-state index contributed by atoms with van der Waals surface area (Å²) in [5.41, 5.74) is 0. The van der Waals surface area contributed by atoms with E-state index in [4.69, 9.17) is 9.26 Å². The molecule has 0 aliphatic carbocycles. The van der Waals surface area contributed by atoms with Crippen LogP contribution in [-0.4, -0.2) is 48.4 Å². The van der Waals surface area contributed by atoms with Crippen molar-refractivity contribution in [1.29, 1.82) is 0 Å². The van der Waals surface area contributed by atoms with Gasteiger partial charge in [-0.15, -0.1) is 0 Å². The minimum atomic E-state index is -3.32. The Morgan fingerprint density at radius 2 is 2.19 bits per heavy atom. The number of nitrogens with zero attached hydrogens (tertiary/aromatic N) is 3. The lowest BCUT2D eigenvalue weighted by atomic mass is 10.2. The minimum Gasteiger partial charge on any atom is -0.378 e. The standard InChI is InChI=1S/C13H23N3O4S/c1-4-5-8-21(17,18)16-6-7-19-9-11(16)12-14-13(10(2)3)20-15-12/h10-11H,4-9H2,1-3H3. The summed E-state index contributed by atoms with van der Waals surface area (Å²) < 4.78 is 37.0. The van der Waals surface area contributed by atoms with E-state index in [0.717, 1.165) is 6.42 Å². The summed E-state index contributed by atoms with van der Waals surface area (Å²) in [6.45, 7) is 6.87. The zero-order valence-electron chi connectivity index (χ0n) is 12.8. The van der Waals surface area contributed by atoms with Crippen LogP contribution in [0.3, 0.4) is 0 Å². The summed E-state index contributed by atoms with van der Waals surface area (Å²) in [6.07, 6.45) is 1.49. The smallest absolute Gasteiger partial charge is 0.229 e. The summed E-state index contributed by atoms with van der Waals surface area (Å²) in [7, 11) is -3.32. The fourth-order valence-corrected chi connectivity index (χ4v) is 3.97. The summed E-state index contributed by atoms with van der Waals surface area (Å²) in [6, 6.07) is -0.489. The lowest BCUT2D eigenvalue weighted by molar-refractivity contribution is 0.0282. The van der Waals surface area contributed by atoms with Crippen LogP contribution in [0.5, 0.6) is 0 Å². The van der Waals surface area contributed by atoms with Crippen LogP contribution in [-0.2, 0) is 14.8 Å². The molecular formula is C13H23N3O4S. The fraction of sp³-hybridized carbons (Fsp3) is 0.846. The fourth-order valence-electron chi connectivity index (χ4n) is 2.19. The van der Waals surface area contributed by atoms with Gasteiger partial charge in [0, 0.05) is 12.5 Å². The third-order valence-corrected chi connectivity index (χ3v) is 5.40.